The van der Waals surface area contributed by atoms with Crippen molar-refractivity contribution in [3.8, 4) is 0 Å². The molecule has 0 N–H and O–H groups in total. The highest BCUT2D eigenvalue weighted by Gasteiger charge is 2.29. The van der Waals surface area contributed by atoms with Crippen molar-refractivity contribution in [1.82, 2.24) is 0 Å². The number of hydrogen-bond acceptors (Lipinski definition) is 0. The third-order valence-electron chi connectivity index (χ3n) is 4.27. The third-order valence-corrected chi connectivity index (χ3v) is 4.27. The zero-order chi connectivity index (χ0) is 13.3. The average Bonchev–Trinajstić information content (AvgIpc) is 2.13. The summed E-state index contributed by atoms with van der Waals surface area (Å²) in [6.45, 7) is 9.28. The number of rotatable bonds is 3. The van der Waals surface area contributed by atoms with Gasteiger partial charge in [-0.3, -0.25) is 0 Å². The summed E-state index contributed by atoms with van der Waals surface area (Å²) in [6.07, 6.45) is 9.88. The summed E-state index contributed by atoms with van der Waals surface area (Å²) in [5.74, 6) is 0.695. The summed E-state index contributed by atoms with van der Waals surface area (Å²) in [5, 5.41) is 0. The van der Waals surface area contributed by atoms with E-state index in [1.807, 2.05) is 0 Å². The molecule has 1 nitrogen and oxygen atoms in total. The van der Waals surface area contributed by atoms with Gasteiger partial charge in [-0.05, 0) is 44.1 Å². The fourth-order valence-corrected chi connectivity index (χ4v) is 2.47. The first-order valence-electron chi connectivity index (χ1n) is 6.81. The maximum Gasteiger partial charge on any atom is 0.104 e. The van der Waals surface area contributed by atoms with Crippen LogP contribution >= 0.6 is 0 Å². The molecule has 0 amide bonds. The van der Waals surface area contributed by atoms with Crippen LogP contribution in [0.5, 0.6) is 0 Å². The molecule has 1 rings (SSSR count). The molecule has 0 aromatic rings. The van der Waals surface area contributed by atoms with Crippen LogP contribution in [0.4, 0.5) is 0 Å². The second-order valence-corrected chi connectivity index (χ2v) is 7.20. The minimum Gasteiger partial charge on any atom is -0.325 e. The lowest BCUT2D eigenvalue weighted by Crippen LogP contribution is -2.42. The summed E-state index contributed by atoms with van der Waals surface area (Å²) in [7, 11) is 6.77. The van der Waals surface area contributed by atoms with Crippen LogP contribution in [0.25, 0.3) is 0 Å². The van der Waals surface area contributed by atoms with E-state index in [-0.39, 0.29) is 0 Å². The van der Waals surface area contributed by atoms with Gasteiger partial charge in [0.05, 0.1) is 21.1 Å². The first-order valence-corrected chi connectivity index (χ1v) is 6.81. The minimum absolute atomic E-state index is 0.323. The van der Waals surface area contributed by atoms with Crippen LogP contribution in [0, 0.1) is 11.3 Å². The predicted octanol–water partition coefficient (Wildman–Crippen LogP) is 4.02. The highest BCUT2D eigenvalue weighted by atomic mass is 15.3. The van der Waals surface area contributed by atoms with E-state index in [9.17, 15) is 0 Å². The monoisotopic (exact) mass is 236 g/mol. The van der Waals surface area contributed by atoms with Crippen LogP contribution < -0.4 is 0 Å². The van der Waals surface area contributed by atoms with Crippen LogP contribution in [0.15, 0.2) is 23.8 Å². The molecule has 0 bridgehead atoms. The van der Waals surface area contributed by atoms with E-state index in [2.05, 4.69) is 67.1 Å². The summed E-state index contributed by atoms with van der Waals surface area (Å²) in [4.78, 5) is 0. The highest BCUT2D eigenvalue weighted by Crippen LogP contribution is 2.39. The summed E-state index contributed by atoms with van der Waals surface area (Å²) in [6, 6.07) is 0.581. The molecule has 2 atom stereocenters. The fourth-order valence-electron chi connectivity index (χ4n) is 2.47. The van der Waals surface area contributed by atoms with Crippen molar-refractivity contribution >= 4 is 0 Å². The maximum atomic E-state index is 2.46. The molecular weight excluding hydrogens is 206 g/mol. The Morgan fingerprint density at radius 2 is 1.94 bits per heavy atom. The van der Waals surface area contributed by atoms with Gasteiger partial charge in [-0.15, -0.1) is 0 Å². The third kappa shape index (κ3) is 3.99. The molecule has 1 heteroatoms. The Labute approximate surface area is 108 Å². The molecule has 1 aliphatic carbocycles. The van der Waals surface area contributed by atoms with Crippen molar-refractivity contribution in [2.45, 2.75) is 46.6 Å². The van der Waals surface area contributed by atoms with Gasteiger partial charge >= 0.3 is 0 Å². The molecule has 0 heterocycles. The van der Waals surface area contributed by atoms with Crippen molar-refractivity contribution in [2.75, 3.05) is 21.1 Å². The SMILES string of the molecule is CC1=CC(C)(C)C(/C=C/C(C)[N+](C)(C)C)CC1. The van der Waals surface area contributed by atoms with E-state index in [0.717, 1.165) is 4.48 Å². The molecule has 98 valence electrons. The Balaban J connectivity index is 2.73. The van der Waals surface area contributed by atoms with Gasteiger partial charge in [0.1, 0.15) is 6.04 Å². The number of likely N-dealkylation sites (N-methyl/N-ethyl adjacent to an activating group) is 1. The molecule has 17 heavy (non-hydrogen) atoms. The lowest BCUT2D eigenvalue weighted by atomic mass is 9.71. The highest BCUT2D eigenvalue weighted by molar-refractivity contribution is 5.15. The maximum absolute atomic E-state index is 2.46. The first-order chi connectivity index (χ1) is 7.63. The molecule has 0 aromatic carbocycles. The van der Waals surface area contributed by atoms with Crippen LogP contribution in [-0.4, -0.2) is 31.7 Å². The summed E-state index contributed by atoms with van der Waals surface area (Å²) >= 11 is 0. The van der Waals surface area contributed by atoms with Gasteiger partial charge in [-0.2, -0.15) is 0 Å². The molecule has 0 spiro atoms. The molecule has 0 fully saturated rings. The first kappa shape index (κ1) is 14.5. The van der Waals surface area contributed by atoms with Crippen molar-refractivity contribution in [3.63, 3.8) is 0 Å². The smallest absolute Gasteiger partial charge is 0.104 e. The van der Waals surface area contributed by atoms with Gasteiger partial charge < -0.3 is 4.48 Å². The van der Waals surface area contributed by atoms with Crippen LogP contribution in [0.2, 0.25) is 0 Å². The molecule has 1 aliphatic rings. The molecule has 0 aromatic heterocycles. The lowest BCUT2D eigenvalue weighted by molar-refractivity contribution is -0.887. The molecular formula is C16H30N+. The minimum atomic E-state index is 0.323. The molecule has 0 saturated carbocycles. The Hall–Kier alpha value is -0.560. The average molecular weight is 236 g/mol. The largest absolute Gasteiger partial charge is 0.325 e. The van der Waals surface area contributed by atoms with E-state index < -0.39 is 0 Å². The van der Waals surface area contributed by atoms with Gasteiger partial charge in [-0.1, -0.05) is 31.6 Å². The zero-order valence-electron chi connectivity index (χ0n) is 12.7. The van der Waals surface area contributed by atoms with Crippen molar-refractivity contribution in [2.24, 2.45) is 11.3 Å². The number of nitrogens with zero attached hydrogens (tertiary/aromatic N) is 1. The van der Waals surface area contributed by atoms with Gasteiger partial charge in [0.25, 0.3) is 0 Å². The zero-order valence-corrected chi connectivity index (χ0v) is 12.7. The number of allylic oxidation sites excluding steroid dienone is 3. The van der Waals surface area contributed by atoms with E-state index >= 15 is 0 Å². The Kier molecular flexibility index (Phi) is 4.24. The normalized spacial score (nSPS) is 27.0. The summed E-state index contributed by atoms with van der Waals surface area (Å²) < 4.78 is 0.999. The van der Waals surface area contributed by atoms with E-state index in [0.29, 0.717) is 17.4 Å². The number of hydrogen-bond donors (Lipinski definition) is 0. The summed E-state index contributed by atoms with van der Waals surface area (Å²) in [5.41, 5.74) is 1.88. The lowest BCUT2D eigenvalue weighted by Gasteiger charge is -2.35. The van der Waals surface area contributed by atoms with Gasteiger partial charge in [-0.25, -0.2) is 0 Å². The van der Waals surface area contributed by atoms with Crippen molar-refractivity contribution in [1.29, 1.82) is 0 Å². The van der Waals surface area contributed by atoms with Crippen molar-refractivity contribution in [3.05, 3.63) is 23.8 Å². The second-order valence-electron chi connectivity index (χ2n) is 7.20. The van der Waals surface area contributed by atoms with Crippen LogP contribution in [0.1, 0.15) is 40.5 Å². The second kappa shape index (κ2) is 4.97. The van der Waals surface area contributed by atoms with Gasteiger partial charge in [0.15, 0.2) is 0 Å². The molecule has 2 unspecified atom stereocenters. The standard InChI is InChI=1S/C16H30N/c1-13-8-10-15(16(3,4)12-13)11-9-14(2)17(5,6)7/h9,11-12,14-15H,8,10H2,1-7H3/q+1/b11-9+. The van der Waals surface area contributed by atoms with Crippen LogP contribution in [-0.2, 0) is 0 Å². The predicted molar refractivity (Wildman–Crippen MR) is 76.9 cm³/mol. The molecule has 0 saturated heterocycles. The van der Waals surface area contributed by atoms with Crippen LogP contribution in [0.3, 0.4) is 0 Å². The Morgan fingerprint density at radius 3 is 2.41 bits per heavy atom. The Morgan fingerprint density at radius 1 is 1.35 bits per heavy atom. The topological polar surface area (TPSA) is 0 Å². The van der Waals surface area contributed by atoms with Gasteiger partial charge in [0.2, 0.25) is 0 Å². The van der Waals surface area contributed by atoms with Crippen molar-refractivity contribution < 1.29 is 4.48 Å². The Bertz CT molecular complexity index is 315. The van der Waals surface area contributed by atoms with E-state index in [4.69, 9.17) is 0 Å². The van der Waals surface area contributed by atoms with E-state index in [1.165, 1.54) is 12.8 Å². The molecule has 0 aliphatic heterocycles. The number of quaternary nitrogens is 1. The molecule has 0 radical (unpaired) electrons. The van der Waals surface area contributed by atoms with Gasteiger partial charge in [0, 0.05) is 0 Å². The quantitative estimate of drug-likeness (QED) is 0.513. The van der Waals surface area contributed by atoms with E-state index in [1.54, 1.807) is 5.57 Å². The fraction of sp³-hybridized carbons (Fsp3) is 0.750.